The van der Waals surface area contributed by atoms with Crippen LogP contribution in [0.2, 0.25) is 0 Å². The van der Waals surface area contributed by atoms with Crippen molar-refractivity contribution in [3.8, 4) is 0 Å². The van der Waals surface area contributed by atoms with Crippen molar-refractivity contribution in [3.05, 3.63) is 59.2 Å². The molecule has 0 aliphatic carbocycles. The van der Waals surface area contributed by atoms with E-state index in [4.69, 9.17) is 10.8 Å². The molecule has 4 nitrogen and oxygen atoms in total. The molecule has 4 heteroatoms. The normalized spacial score (nSPS) is 16.6. The van der Waals surface area contributed by atoms with Gasteiger partial charge >= 0.3 is 0 Å². The van der Waals surface area contributed by atoms with Gasteiger partial charge in [0, 0.05) is 29.7 Å². The van der Waals surface area contributed by atoms with E-state index < -0.39 is 0 Å². The van der Waals surface area contributed by atoms with Gasteiger partial charge in [-0.25, -0.2) is 0 Å². The summed E-state index contributed by atoms with van der Waals surface area (Å²) in [5.74, 6) is 0.451. The summed E-state index contributed by atoms with van der Waals surface area (Å²) in [7, 11) is 2.00. The summed E-state index contributed by atoms with van der Waals surface area (Å²) in [5.41, 5.74) is 4.32. The Bertz CT molecular complexity index is 1120. The maximum atomic E-state index is 8.58. The van der Waals surface area contributed by atoms with E-state index in [1.807, 2.05) is 20.9 Å². The largest absolute Gasteiger partial charge is 0.357 e. The molecule has 2 aromatic rings. The van der Waals surface area contributed by atoms with Gasteiger partial charge in [0.2, 0.25) is 0 Å². The van der Waals surface area contributed by atoms with E-state index in [-0.39, 0.29) is 11.1 Å². The molecule has 0 spiro atoms. The van der Waals surface area contributed by atoms with Crippen LogP contribution >= 0.6 is 0 Å². The summed E-state index contributed by atoms with van der Waals surface area (Å²) in [6.45, 7) is 26.1. The van der Waals surface area contributed by atoms with Crippen LogP contribution in [0.1, 0.15) is 112 Å². The van der Waals surface area contributed by atoms with Crippen LogP contribution in [0.4, 0.5) is 0 Å². The van der Waals surface area contributed by atoms with Gasteiger partial charge in [0.25, 0.3) is 0 Å². The molecule has 1 saturated heterocycles. The highest BCUT2D eigenvalue weighted by Gasteiger charge is 2.39. The summed E-state index contributed by atoms with van der Waals surface area (Å²) in [4.78, 5) is 2.06. The van der Waals surface area contributed by atoms with E-state index >= 15 is 0 Å². The number of fused-ring (bicyclic) bond motifs is 1. The number of benzene rings is 2. The Hall–Kier alpha value is -2.46. The summed E-state index contributed by atoms with van der Waals surface area (Å²) in [6, 6.07) is 10.9. The Balaban J connectivity index is 0.000000735. The zero-order chi connectivity index (χ0) is 30.2. The van der Waals surface area contributed by atoms with Crippen molar-refractivity contribution in [2.75, 3.05) is 7.05 Å². The van der Waals surface area contributed by atoms with E-state index in [1.165, 1.54) is 23.8 Å². The number of aryl methyl sites for hydroxylation is 2. The molecule has 2 aromatic carbocycles. The van der Waals surface area contributed by atoms with Crippen molar-refractivity contribution in [2.45, 2.75) is 126 Å². The number of hydrogen-bond acceptors (Lipinski definition) is 3. The van der Waals surface area contributed by atoms with Gasteiger partial charge in [-0.3, -0.25) is 5.41 Å². The van der Waals surface area contributed by atoms with Crippen molar-refractivity contribution < 1.29 is 0 Å². The van der Waals surface area contributed by atoms with Gasteiger partial charge in [-0.05, 0) is 101 Å². The predicted octanol–water partition coefficient (Wildman–Crippen LogP) is 9.46. The second-order valence-corrected chi connectivity index (χ2v) is 13.5. The predicted molar refractivity (Wildman–Crippen MR) is 175 cm³/mol. The van der Waals surface area contributed by atoms with E-state index in [0.29, 0.717) is 23.0 Å². The molecular formula is C35H58N4. The number of likely N-dealkylation sites (N-methyl/N-ethyl adjacent to an activating group) is 1. The molecule has 0 unspecified atom stereocenters. The first kappa shape index (κ1) is 34.6. The SMILES string of the molecule is CC.CCCC(C)(C)C.Cc1ccc2cc(C(=N)/C=C\C(=N)N(C)C3CC(C)(C)NC(C)(C)C3)c(C)cc2c1. The average molecular weight is 535 g/mol. The lowest BCUT2D eigenvalue weighted by atomic mass is 9.79. The Kier molecular flexibility index (Phi) is 12.6. The minimum absolute atomic E-state index is 0.0396. The number of nitrogens with one attached hydrogen (secondary N) is 3. The number of piperidine rings is 1. The minimum atomic E-state index is 0.0396. The highest BCUT2D eigenvalue weighted by Crippen LogP contribution is 2.31. The Labute approximate surface area is 240 Å². The fourth-order valence-electron chi connectivity index (χ4n) is 5.68. The van der Waals surface area contributed by atoms with Crippen LogP contribution in [0.3, 0.4) is 0 Å². The van der Waals surface area contributed by atoms with Crippen molar-refractivity contribution in [2.24, 2.45) is 5.41 Å². The molecule has 0 bridgehead atoms. The van der Waals surface area contributed by atoms with Crippen LogP contribution in [0.5, 0.6) is 0 Å². The van der Waals surface area contributed by atoms with Crippen molar-refractivity contribution in [3.63, 3.8) is 0 Å². The van der Waals surface area contributed by atoms with E-state index in [2.05, 4.69) is 110 Å². The second kappa shape index (κ2) is 14.3. The van der Waals surface area contributed by atoms with E-state index in [9.17, 15) is 0 Å². The number of nitrogens with zero attached hydrogens (tertiary/aromatic N) is 1. The fourth-order valence-corrected chi connectivity index (χ4v) is 5.68. The number of allylic oxidation sites excluding steroid dienone is 1. The summed E-state index contributed by atoms with van der Waals surface area (Å²) >= 11 is 0. The molecule has 1 fully saturated rings. The third-order valence-electron chi connectivity index (χ3n) is 7.13. The molecule has 0 atom stereocenters. The van der Waals surface area contributed by atoms with Crippen LogP contribution in [0.15, 0.2) is 42.5 Å². The third kappa shape index (κ3) is 11.3. The molecule has 1 aliphatic heterocycles. The second-order valence-electron chi connectivity index (χ2n) is 13.5. The van der Waals surface area contributed by atoms with Gasteiger partial charge in [0.1, 0.15) is 5.84 Å². The standard InChI is InChI=1S/C26H36N4.C7H16.C2H6/c1-17-8-9-19-14-22(18(2)13-20(19)12-17)23(27)10-11-24(28)30(7)21-15-25(3,4)29-26(5,6)16-21;1-5-6-7(2,3)4;1-2/h8-14,21,27-29H,15-16H2,1-7H3;5-6H2,1-4H3;1-2H3/b11-10-,27-23?,28-24?;;. The summed E-state index contributed by atoms with van der Waals surface area (Å²) in [6.07, 6.45) is 8.16. The Morgan fingerprint density at radius 3 is 2.00 bits per heavy atom. The maximum absolute atomic E-state index is 8.58. The van der Waals surface area contributed by atoms with Crippen LogP contribution in [-0.2, 0) is 0 Å². The zero-order valence-electron chi connectivity index (χ0n) is 27.4. The van der Waals surface area contributed by atoms with Gasteiger partial charge in [0.15, 0.2) is 0 Å². The zero-order valence-corrected chi connectivity index (χ0v) is 27.4. The minimum Gasteiger partial charge on any atom is -0.357 e. The van der Waals surface area contributed by atoms with Crippen LogP contribution in [0, 0.1) is 30.1 Å². The summed E-state index contributed by atoms with van der Waals surface area (Å²) < 4.78 is 0. The number of hydrogen-bond donors (Lipinski definition) is 3. The van der Waals surface area contributed by atoms with Crippen molar-refractivity contribution in [1.29, 1.82) is 10.8 Å². The van der Waals surface area contributed by atoms with Crippen molar-refractivity contribution in [1.82, 2.24) is 10.2 Å². The average Bonchev–Trinajstić information content (AvgIpc) is 2.80. The fraction of sp³-hybridized carbons (Fsp3) is 0.600. The van der Waals surface area contributed by atoms with Crippen LogP contribution < -0.4 is 5.32 Å². The maximum Gasteiger partial charge on any atom is 0.120 e. The molecule has 39 heavy (non-hydrogen) atoms. The molecule has 0 aromatic heterocycles. The molecule has 0 saturated carbocycles. The van der Waals surface area contributed by atoms with Crippen LogP contribution in [0.25, 0.3) is 10.8 Å². The van der Waals surface area contributed by atoms with Gasteiger partial charge in [-0.2, -0.15) is 0 Å². The van der Waals surface area contributed by atoms with Crippen molar-refractivity contribution >= 4 is 22.3 Å². The highest BCUT2D eigenvalue weighted by atomic mass is 15.2. The first-order valence-corrected chi connectivity index (χ1v) is 14.8. The molecule has 218 valence electrons. The molecule has 1 aliphatic rings. The first-order chi connectivity index (χ1) is 17.9. The number of amidine groups is 1. The lowest BCUT2D eigenvalue weighted by Gasteiger charge is -2.49. The topological polar surface area (TPSA) is 63.0 Å². The van der Waals surface area contributed by atoms with Gasteiger partial charge in [-0.1, -0.05) is 77.8 Å². The molecule has 1 heterocycles. The highest BCUT2D eigenvalue weighted by molar-refractivity contribution is 6.12. The quantitative estimate of drug-likeness (QED) is 0.264. The third-order valence-corrected chi connectivity index (χ3v) is 7.13. The van der Waals surface area contributed by atoms with Crippen LogP contribution in [-0.4, -0.2) is 40.6 Å². The molecule has 0 amide bonds. The van der Waals surface area contributed by atoms with E-state index in [1.54, 1.807) is 12.2 Å². The Morgan fingerprint density at radius 2 is 1.51 bits per heavy atom. The molecule has 3 rings (SSSR count). The van der Waals surface area contributed by atoms with Gasteiger partial charge < -0.3 is 15.6 Å². The molecular weight excluding hydrogens is 476 g/mol. The first-order valence-electron chi connectivity index (χ1n) is 14.8. The Morgan fingerprint density at radius 1 is 0.949 bits per heavy atom. The number of rotatable bonds is 5. The molecule has 3 N–H and O–H groups in total. The van der Waals surface area contributed by atoms with Gasteiger partial charge in [-0.15, -0.1) is 0 Å². The van der Waals surface area contributed by atoms with Gasteiger partial charge in [0.05, 0.1) is 5.71 Å². The lowest BCUT2D eigenvalue weighted by Crippen LogP contribution is -2.62. The summed E-state index contributed by atoms with van der Waals surface area (Å²) in [5, 5.41) is 23.2. The smallest absolute Gasteiger partial charge is 0.120 e. The monoisotopic (exact) mass is 534 g/mol. The molecule has 0 radical (unpaired) electrons. The lowest BCUT2D eigenvalue weighted by molar-refractivity contribution is 0.114. The van der Waals surface area contributed by atoms with E-state index in [0.717, 1.165) is 29.4 Å².